The van der Waals surface area contributed by atoms with Crippen LogP contribution in [0.25, 0.3) is 22.4 Å². The van der Waals surface area contributed by atoms with Gasteiger partial charge in [0.05, 0.1) is 11.9 Å². The molecule has 2 bridgehead atoms. The molecule has 1 aromatic carbocycles. The minimum absolute atomic E-state index is 0.164. The molecular formula is C24H28N4O2. The van der Waals surface area contributed by atoms with Crippen LogP contribution in [-0.4, -0.2) is 31.6 Å². The van der Waals surface area contributed by atoms with Crippen LogP contribution in [0.3, 0.4) is 0 Å². The molecule has 5 rings (SSSR count). The summed E-state index contributed by atoms with van der Waals surface area (Å²) in [7, 11) is 0. The van der Waals surface area contributed by atoms with Gasteiger partial charge in [0.25, 0.3) is 0 Å². The van der Waals surface area contributed by atoms with E-state index < -0.39 is 0 Å². The van der Waals surface area contributed by atoms with Crippen LogP contribution >= 0.6 is 0 Å². The molecule has 2 N–H and O–H groups in total. The number of phenolic OH excluding ortho intramolecular Hbond substituents is 1. The molecule has 2 aromatic heterocycles. The summed E-state index contributed by atoms with van der Waals surface area (Å²) in [5.41, 5.74) is 3.85. The molecule has 156 valence electrons. The van der Waals surface area contributed by atoms with E-state index in [1.54, 1.807) is 18.5 Å². The highest BCUT2D eigenvalue weighted by Crippen LogP contribution is 2.55. The van der Waals surface area contributed by atoms with Gasteiger partial charge in [-0.25, -0.2) is 0 Å². The van der Waals surface area contributed by atoms with Crippen molar-refractivity contribution >= 4 is 0 Å². The maximum absolute atomic E-state index is 10.5. The van der Waals surface area contributed by atoms with E-state index >= 15 is 0 Å². The Morgan fingerprint density at radius 2 is 1.83 bits per heavy atom. The minimum Gasteiger partial charge on any atom is -0.507 e. The van der Waals surface area contributed by atoms with Crippen molar-refractivity contribution < 1.29 is 9.84 Å². The second kappa shape index (κ2) is 7.11. The first kappa shape index (κ1) is 19.1. The molecule has 0 amide bonds. The third kappa shape index (κ3) is 3.66. The Bertz CT molecular complexity index is 1020. The quantitative estimate of drug-likeness (QED) is 0.611. The molecule has 30 heavy (non-hydrogen) atoms. The highest BCUT2D eigenvalue weighted by Gasteiger charge is 2.47. The molecule has 0 unspecified atom stereocenters. The Balaban J connectivity index is 1.31. The van der Waals surface area contributed by atoms with Gasteiger partial charge in [0.1, 0.15) is 11.9 Å². The third-order valence-electron chi connectivity index (χ3n) is 6.89. The maximum Gasteiger partial charge on any atom is 0.233 e. The Morgan fingerprint density at radius 3 is 2.47 bits per heavy atom. The second-order valence-electron chi connectivity index (χ2n) is 9.78. The van der Waals surface area contributed by atoms with Gasteiger partial charge in [-0.1, -0.05) is 26.3 Å². The van der Waals surface area contributed by atoms with E-state index in [4.69, 9.17) is 4.74 Å². The van der Waals surface area contributed by atoms with E-state index in [9.17, 15) is 5.11 Å². The summed E-state index contributed by atoms with van der Waals surface area (Å²) < 4.78 is 6.26. The van der Waals surface area contributed by atoms with Crippen LogP contribution in [0.2, 0.25) is 0 Å². The summed E-state index contributed by atoms with van der Waals surface area (Å²) in [5.74, 6) is 0.725. The number of aromatic nitrogens is 4. The van der Waals surface area contributed by atoms with Crippen LogP contribution in [0.5, 0.6) is 11.6 Å². The first-order chi connectivity index (χ1) is 14.4. The molecule has 6 heteroatoms. The predicted molar refractivity (Wildman–Crippen MR) is 115 cm³/mol. The van der Waals surface area contributed by atoms with Crippen LogP contribution in [0.4, 0.5) is 0 Å². The predicted octanol–water partition coefficient (Wildman–Crippen LogP) is 5.37. The van der Waals surface area contributed by atoms with E-state index in [1.807, 2.05) is 24.3 Å². The van der Waals surface area contributed by atoms with Crippen LogP contribution in [-0.2, 0) is 0 Å². The van der Waals surface area contributed by atoms with Crippen molar-refractivity contribution in [2.45, 2.75) is 58.5 Å². The molecule has 2 saturated carbocycles. The van der Waals surface area contributed by atoms with E-state index in [0.29, 0.717) is 28.0 Å². The summed E-state index contributed by atoms with van der Waals surface area (Å²) in [6, 6.07) is 9.23. The zero-order chi connectivity index (χ0) is 20.8. The average molecular weight is 405 g/mol. The van der Waals surface area contributed by atoms with Crippen molar-refractivity contribution in [1.29, 1.82) is 0 Å². The van der Waals surface area contributed by atoms with Crippen LogP contribution < -0.4 is 4.74 Å². The lowest BCUT2D eigenvalue weighted by atomic mass is 9.55. The topological polar surface area (TPSA) is 83.9 Å². The molecule has 0 radical (unpaired) electrons. The minimum atomic E-state index is 0.164. The Kier molecular flexibility index (Phi) is 4.53. The van der Waals surface area contributed by atoms with Crippen molar-refractivity contribution in [3.8, 4) is 34.0 Å². The van der Waals surface area contributed by atoms with Gasteiger partial charge in [0, 0.05) is 23.4 Å². The van der Waals surface area contributed by atoms with Gasteiger partial charge >= 0.3 is 0 Å². The van der Waals surface area contributed by atoms with E-state index in [2.05, 4.69) is 34.2 Å². The zero-order valence-electron chi connectivity index (χ0n) is 17.6. The van der Waals surface area contributed by atoms with Gasteiger partial charge in [-0.3, -0.25) is 5.10 Å². The largest absolute Gasteiger partial charge is 0.507 e. The molecule has 2 fully saturated rings. The molecule has 2 heterocycles. The molecule has 3 aromatic rings. The number of benzene rings is 1. The number of phenols is 1. The number of nitrogens with zero attached hydrogens (tertiary/aromatic N) is 3. The van der Waals surface area contributed by atoms with Gasteiger partial charge < -0.3 is 9.84 Å². The lowest BCUT2D eigenvalue weighted by molar-refractivity contribution is -0.0421. The van der Waals surface area contributed by atoms with E-state index in [1.165, 1.54) is 25.7 Å². The van der Waals surface area contributed by atoms with Crippen molar-refractivity contribution in [2.24, 2.45) is 10.8 Å². The second-order valence-corrected chi connectivity index (χ2v) is 9.78. The summed E-state index contributed by atoms with van der Waals surface area (Å²) in [4.78, 5) is 0. The Hall–Kier alpha value is -2.89. The number of H-pyrrole nitrogens is 1. The van der Waals surface area contributed by atoms with Crippen LogP contribution in [0.15, 0.2) is 42.7 Å². The van der Waals surface area contributed by atoms with Crippen molar-refractivity contribution in [1.82, 2.24) is 20.4 Å². The summed E-state index contributed by atoms with van der Waals surface area (Å²) in [6.07, 6.45) is 11.1. The molecule has 2 aliphatic carbocycles. The van der Waals surface area contributed by atoms with Crippen molar-refractivity contribution in [3.63, 3.8) is 0 Å². The summed E-state index contributed by atoms with van der Waals surface area (Å²) in [6.45, 7) is 4.81. The lowest BCUT2D eigenvalue weighted by Gasteiger charge is -2.51. The van der Waals surface area contributed by atoms with Gasteiger partial charge in [0.2, 0.25) is 5.88 Å². The maximum atomic E-state index is 10.5. The molecule has 0 saturated heterocycles. The zero-order valence-corrected chi connectivity index (χ0v) is 17.6. The number of ether oxygens (including phenoxy) is 1. The van der Waals surface area contributed by atoms with E-state index in [0.717, 1.165) is 24.0 Å². The van der Waals surface area contributed by atoms with Gasteiger partial charge in [0.15, 0.2) is 0 Å². The number of nitrogens with one attached hydrogen (secondary N) is 1. The summed E-state index contributed by atoms with van der Waals surface area (Å²) >= 11 is 0. The van der Waals surface area contributed by atoms with Crippen molar-refractivity contribution in [3.05, 3.63) is 42.7 Å². The number of hydrogen-bond acceptors (Lipinski definition) is 5. The molecular weight excluding hydrogens is 376 g/mol. The number of aromatic hydroxyl groups is 1. The first-order valence-corrected chi connectivity index (χ1v) is 10.7. The molecule has 6 nitrogen and oxygen atoms in total. The monoisotopic (exact) mass is 404 g/mol. The summed E-state index contributed by atoms with van der Waals surface area (Å²) in [5, 5.41) is 25.9. The molecule has 0 spiro atoms. The number of fused-ring (bicyclic) bond motifs is 2. The fourth-order valence-corrected chi connectivity index (χ4v) is 5.79. The van der Waals surface area contributed by atoms with Gasteiger partial charge in [-0.2, -0.15) is 5.10 Å². The standard InChI is InChI=1S/C24H28N4O2/c1-23-8-3-9-24(2,15-23)12-18(11-23)30-22-7-6-20(27-28-22)19-5-4-16(10-21(19)29)17-13-25-26-14-17/h4-7,10,13-14,18,29H,3,8-9,11-12,15H2,1-2H3,(H,25,26)/t18-,23-,24+. The normalized spacial score (nSPS) is 28.3. The number of hydrogen-bond donors (Lipinski definition) is 2. The smallest absolute Gasteiger partial charge is 0.233 e. The highest BCUT2D eigenvalue weighted by atomic mass is 16.5. The third-order valence-corrected chi connectivity index (χ3v) is 6.89. The first-order valence-electron chi connectivity index (χ1n) is 10.7. The fraction of sp³-hybridized carbons (Fsp3) is 0.458. The van der Waals surface area contributed by atoms with Gasteiger partial charge in [-0.05, 0) is 66.7 Å². The lowest BCUT2D eigenvalue weighted by Crippen LogP contribution is -2.45. The van der Waals surface area contributed by atoms with Crippen molar-refractivity contribution in [2.75, 3.05) is 0 Å². The molecule has 3 atom stereocenters. The number of aromatic amines is 1. The molecule has 0 aliphatic heterocycles. The SMILES string of the molecule is C[C@]12CCC[C@](C)(C[C@@H](Oc3ccc(-c4ccc(-c5cn[nH]c5)cc4O)nn3)C1)C2. The highest BCUT2D eigenvalue weighted by molar-refractivity contribution is 5.73. The Morgan fingerprint density at radius 1 is 1.03 bits per heavy atom. The Labute approximate surface area is 176 Å². The fourth-order valence-electron chi connectivity index (χ4n) is 5.79. The average Bonchev–Trinajstić information content (AvgIpc) is 3.22. The van der Waals surface area contributed by atoms with Gasteiger partial charge in [-0.15, -0.1) is 10.2 Å². The number of rotatable bonds is 4. The molecule has 2 aliphatic rings. The van der Waals surface area contributed by atoms with Crippen LogP contribution in [0.1, 0.15) is 52.4 Å². The van der Waals surface area contributed by atoms with E-state index in [-0.39, 0.29) is 11.9 Å². The van der Waals surface area contributed by atoms with Crippen LogP contribution in [0, 0.1) is 10.8 Å².